The van der Waals surface area contributed by atoms with Crippen molar-refractivity contribution in [2.45, 2.75) is 0 Å². The minimum Gasteiger partial charge on any atom is -0.493 e. The summed E-state index contributed by atoms with van der Waals surface area (Å²) in [5.74, 6) is 1.53. The van der Waals surface area contributed by atoms with Gasteiger partial charge in [-0.1, -0.05) is 36.4 Å². The summed E-state index contributed by atoms with van der Waals surface area (Å²) in [7, 11) is 3.13. The lowest BCUT2D eigenvalue weighted by Crippen LogP contribution is -2.24. The molecule has 0 aliphatic carbocycles. The van der Waals surface area contributed by atoms with Crippen molar-refractivity contribution in [1.82, 2.24) is 5.43 Å². The van der Waals surface area contributed by atoms with Gasteiger partial charge in [0.05, 0.1) is 20.4 Å². The van der Waals surface area contributed by atoms with Crippen LogP contribution >= 0.6 is 0 Å². The average molecular weight is 364 g/mol. The van der Waals surface area contributed by atoms with Gasteiger partial charge in [0.25, 0.3) is 5.91 Å². The summed E-state index contributed by atoms with van der Waals surface area (Å²) < 4.78 is 16.0. The molecule has 6 nitrogen and oxygen atoms in total. The number of nitrogens with zero attached hydrogens (tertiary/aromatic N) is 1. The van der Waals surface area contributed by atoms with Crippen LogP contribution in [0.15, 0.2) is 65.8 Å². The lowest BCUT2D eigenvalue weighted by atomic mass is 10.1. The van der Waals surface area contributed by atoms with Gasteiger partial charge in [0.1, 0.15) is 5.75 Å². The molecule has 0 saturated carbocycles. The van der Waals surface area contributed by atoms with E-state index in [2.05, 4.69) is 10.5 Å². The van der Waals surface area contributed by atoms with Crippen LogP contribution in [-0.4, -0.2) is 32.9 Å². The first-order valence-electron chi connectivity index (χ1n) is 8.36. The molecule has 0 radical (unpaired) electrons. The van der Waals surface area contributed by atoms with Gasteiger partial charge in [-0.15, -0.1) is 0 Å². The van der Waals surface area contributed by atoms with E-state index >= 15 is 0 Å². The van der Waals surface area contributed by atoms with Gasteiger partial charge in [0.2, 0.25) is 0 Å². The van der Waals surface area contributed by atoms with E-state index in [0.717, 1.165) is 16.3 Å². The number of methoxy groups -OCH3 is 2. The molecule has 1 amide bonds. The number of benzene rings is 3. The predicted octanol–water partition coefficient (Wildman–Crippen LogP) is 3.39. The van der Waals surface area contributed by atoms with Crippen LogP contribution in [0.25, 0.3) is 10.8 Å². The van der Waals surface area contributed by atoms with E-state index < -0.39 is 0 Å². The van der Waals surface area contributed by atoms with E-state index in [1.807, 2.05) is 48.5 Å². The topological polar surface area (TPSA) is 69.2 Å². The second kappa shape index (κ2) is 8.71. The first-order valence-corrected chi connectivity index (χ1v) is 8.36. The van der Waals surface area contributed by atoms with Gasteiger partial charge >= 0.3 is 0 Å². The fourth-order valence-corrected chi connectivity index (χ4v) is 2.61. The van der Waals surface area contributed by atoms with Crippen molar-refractivity contribution in [3.63, 3.8) is 0 Å². The van der Waals surface area contributed by atoms with Crippen molar-refractivity contribution in [2.75, 3.05) is 20.8 Å². The van der Waals surface area contributed by atoms with Gasteiger partial charge in [0, 0.05) is 5.39 Å². The molecule has 1 N–H and O–H groups in total. The smallest absolute Gasteiger partial charge is 0.277 e. The molecular formula is C21H20N2O4. The summed E-state index contributed by atoms with van der Waals surface area (Å²) in [4.78, 5) is 12.0. The normalized spacial score (nSPS) is 10.7. The maximum Gasteiger partial charge on any atom is 0.277 e. The molecular weight excluding hydrogens is 344 g/mol. The number of carbonyl (C=O) groups excluding carboxylic acids is 1. The zero-order chi connectivity index (χ0) is 19.1. The predicted molar refractivity (Wildman–Crippen MR) is 105 cm³/mol. The number of fused-ring (bicyclic) bond motifs is 1. The quantitative estimate of drug-likeness (QED) is 0.515. The van der Waals surface area contributed by atoms with Crippen molar-refractivity contribution in [2.24, 2.45) is 5.10 Å². The Morgan fingerprint density at radius 3 is 2.56 bits per heavy atom. The van der Waals surface area contributed by atoms with Gasteiger partial charge in [-0.25, -0.2) is 5.43 Å². The highest BCUT2D eigenvalue weighted by atomic mass is 16.5. The molecule has 0 saturated heterocycles. The van der Waals surface area contributed by atoms with Gasteiger partial charge < -0.3 is 14.2 Å². The highest BCUT2D eigenvalue weighted by Gasteiger charge is 2.06. The Kier molecular flexibility index (Phi) is 5.89. The molecule has 0 atom stereocenters. The monoisotopic (exact) mass is 364 g/mol. The number of hydrogen-bond acceptors (Lipinski definition) is 5. The average Bonchev–Trinajstić information content (AvgIpc) is 2.72. The minimum absolute atomic E-state index is 0.128. The molecule has 0 bridgehead atoms. The number of carbonyl (C=O) groups is 1. The number of nitrogens with one attached hydrogen (secondary N) is 1. The van der Waals surface area contributed by atoms with Crippen LogP contribution in [0.4, 0.5) is 0 Å². The first-order chi connectivity index (χ1) is 13.2. The van der Waals surface area contributed by atoms with Crippen LogP contribution in [0.1, 0.15) is 5.56 Å². The molecule has 0 heterocycles. The number of hydrazone groups is 1. The largest absolute Gasteiger partial charge is 0.493 e. The maximum absolute atomic E-state index is 12.0. The third-order valence-electron chi connectivity index (χ3n) is 3.92. The zero-order valence-corrected chi connectivity index (χ0v) is 15.1. The van der Waals surface area contributed by atoms with E-state index in [9.17, 15) is 4.79 Å². The third kappa shape index (κ3) is 4.55. The molecule has 3 aromatic carbocycles. The zero-order valence-electron chi connectivity index (χ0n) is 15.1. The second-order valence-corrected chi connectivity index (χ2v) is 5.67. The summed E-state index contributed by atoms with van der Waals surface area (Å²) in [6.07, 6.45) is 1.53. The van der Waals surface area contributed by atoms with Crippen LogP contribution in [0, 0.1) is 0 Å². The molecule has 138 valence electrons. The Bertz CT molecular complexity index is 964. The Labute approximate surface area is 157 Å². The SMILES string of the molecule is COc1ccc(/C=N/NC(=O)COc2cccc3ccccc23)cc1OC. The molecule has 6 heteroatoms. The number of rotatable bonds is 7. The summed E-state index contributed by atoms with van der Waals surface area (Å²) in [5, 5.41) is 5.96. The van der Waals surface area contributed by atoms with Gasteiger partial charge in [-0.05, 0) is 35.2 Å². The lowest BCUT2D eigenvalue weighted by molar-refractivity contribution is -0.123. The van der Waals surface area contributed by atoms with Crippen LogP contribution in [0.5, 0.6) is 17.2 Å². The van der Waals surface area contributed by atoms with Gasteiger partial charge in [-0.2, -0.15) is 5.10 Å². The second-order valence-electron chi connectivity index (χ2n) is 5.67. The molecule has 0 aliphatic heterocycles. The molecule has 0 fully saturated rings. The van der Waals surface area contributed by atoms with Crippen molar-refractivity contribution in [3.8, 4) is 17.2 Å². The van der Waals surface area contributed by atoms with Crippen LogP contribution in [0.2, 0.25) is 0 Å². The molecule has 27 heavy (non-hydrogen) atoms. The van der Waals surface area contributed by atoms with Crippen molar-refractivity contribution in [1.29, 1.82) is 0 Å². The van der Waals surface area contributed by atoms with Crippen molar-refractivity contribution >= 4 is 22.9 Å². The van der Waals surface area contributed by atoms with Gasteiger partial charge in [-0.3, -0.25) is 4.79 Å². The number of amides is 1. The van der Waals surface area contributed by atoms with Gasteiger partial charge in [0.15, 0.2) is 18.1 Å². The standard InChI is InChI=1S/C21H20N2O4/c1-25-19-11-10-15(12-20(19)26-2)13-22-23-21(24)14-27-18-9-5-7-16-6-3-4-8-17(16)18/h3-13H,14H2,1-2H3,(H,23,24)/b22-13+. The highest BCUT2D eigenvalue weighted by molar-refractivity contribution is 5.89. The number of ether oxygens (including phenoxy) is 3. The Morgan fingerprint density at radius 2 is 1.74 bits per heavy atom. The van der Waals surface area contributed by atoms with E-state index in [1.165, 1.54) is 6.21 Å². The van der Waals surface area contributed by atoms with Crippen LogP contribution in [-0.2, 0) is 4.79 Å². The van der Waals surface area contributed by atoms with Crippen molar-refractivity contribution < 1.29 is 19.0 Å². The summed E-state index contributed by atoms with van der Waals surface area (Å²) >= 11 is 0. The fraction of sp³-hybridized carbons (Fsp3) is 0.143. The van der Waals surface area contributed by atoms with E-state index in [1.54, 1.807) is 26.4 Å². The molecule has 0 aliphatic rings. The molecule has 0 aromatic heterocycles. The molecule has 0 unspecified atom stereocenters. The Morgan fingerprint density at radius 1 is 0.963 bits per heavy atom. The Balaban J connectivity index is 1.57. The molecule has 0 spiro atoms. The van der Waals surface area contributed by atoms with Crippen molar-refractivity contribution in [3.05, 3.63) is 66.2 Å². The fourth-order valence-electron chi connectivity index (χ4n) is 2.61. The lowest BCUT2D eigenvalue weighted by Gasteiger charge is -2.08. The Hall–Kier alpha value is -3.54. The summed E-state index contributed by atoms with van der Waals surface area (Å²) in [6, 6.07) is 18.9. The molecule has 3 rings (SSSR count). The maximum atomic E-state index is 12.0. The van der Waals surface area contributed by atoms with E-state index in [4.69, 9.17) is 14.2 Å². The minimum atomic E-state index is -0.348. The van der Waals surface area contributed by atoms with E-state index in [-0.39, 0.29) is 12.5 Å². The summed E-state index contributed by atoms with van der Waals surface area (Å²) in [6.45, 7) is -0.128. The van der Waals surface area contributed by atoms with Crippen LogP contribution in [0.3, 0.4) is 0 Å². The third-order valence-corrected chi connectivity index (χ3v) is 3.92. The summed E-state index contributed by atoms with van der Waals surface area (Å²) in [5.41, 5.74) is 3.22. The molecule has 3 aromatic rings. The van der Waals surface area contributed by atoms with E-state index in [0.29, 0.717) is 17.2 Å². The highest BCUT2D eigenvalue weighted by Crippen LogP contribution is 2.27. The van der Waals surface area contributed by atoms with Crippen LogP contribution < -0.4 is 19.6 Å². The number of hydrogen-bond donors (Lipinski definition) is 1. The first kappa shape index (κ1) is 18.3.